The molecule has 0 spiro atoms. The molecule has 0 aromatic carbocycles. The number of pyridine rings is 1. The van der Waals surface area contributed by atoms with Gasteiger partial charge in [-0.1, -0.05) is 0 Å². The van der Waals surface area contributed by atoms with E-state index in [0.29, 0.717) is 0 Å². The second-order valence-corrected chi connectivity index (χ2v) is 2.62. The van der Waals surface area contributed by atoms with Crippen LogP contribution in [0.5, 0.6) is 0 Å². The molecule has 0 atom stereocenters. The molecular formula is C8H6BrN3. The van der Waals surface area contributed by atoms with Crippen molar-refractivity contribution in [2.24, 2.45) is 0 Å². The summed E-state index contributed by atoms with van der Waals surface area (Å²) in [7, 11) is 0. The van der Waals surface area contributed by atoms with Crippen molar-refractivity contribution in [3.8, 4) is 5.69 Å². The molecule has 2 aromatic rings. The molecule has 0 saturated carbocycles. The van der Waals surface area contributed by atoms with Crippen LogP contribution >= 0.6 is 15.9 Å². The Morgan fingerprint density at radius 1 is 1.33 bits per heavy atom. The summed E-state index contributed by atoms with van der Waals surface area (Å²) in [6, 6.07) is -0.998. The Balaban J connectivity index is 2.82. The summed E-state index contributed by atoms with van der Waals surface area (Å²) in [5.74, 6) is 0. The first kappa shape index (κ1) is 3.30. The Hall–Kier alpha value is -1.16. The van der Waals surface area contributed by atoms with Crippen molar-refractivity contribution in [1.82, 2.24) is 14.8 Å². The lowest BCUT2D eigenvalue weighted by Crippen LogP contribution is -1.93. The lowest BCUT2D eigenvalue weighted by molar-refractivity contribution is 0.868. The first-order chi connectivity index (χ1) is 8.34. The Morgan fingerprint density at radius 3 is 2.67 bits per heavy atom. The van der Waals surface area contributed by atoms with Crippen LogP contribution in [0.4, 0.5) is 0 Å². The third-order valence-electron chi connectivity index (χ3n) is 1.12. The largest absolute Gasteiger partial charge is 0.265 e. The van der Waals surface area contributed by atoms with Crippen molar-refractivity contribution in [2.45, 2.75) is 0 Å². The van der Waals surface area contributed by atoms with Gasteiger partial charge in [0, 0.05) is 18.5 Å². The van der Waals surface area contributed by atoms with Crippen LogP contribution < -0.4 is 0 Å². The first-order valence-corrected chi connectivity index (χ1v) is 3.80. The van der Waals surface area contributed by atoms with E-state index in [-0.39, 0.29) is 22.5 Å². The van der Waals surface area contributed by atoms with Crippen molar-refractivity contribution in [1.29, 1.82) is 0 Å². The number of halogens is 1. The summed E-state index contributed by atoms with van der Waals surface area (Å²) in [4.78, 5) is 3.42. The highest BCUT2D eigenvalue weighted by Gasteiger charge is 1.96. The Morgan fingerprint density at radius 2 is 2.08 bits per heavy atom. The fourth-order valence-electron chi connectivity index (χ4n) is 0.670. The minimum Gasteiger partial charge on any atom is -0.265 e. The minimum absolute atomic E-state index is 0.0983. The maximum atomic E-state index is 7.67. The quantitative estimate of drug-likeness (QED) is 0.750. The van der Waals surface area contributed by atoms with E-state index in [1.54, 1.807) is 0 Å². The van der Waals surface area contributed by atoms with Crippen molar-refractivity contribution in [3.63, 3.8) is 0 Å². The zero-order chi connectivity index (χ0) is 13.6. The minimum atomic E-state index is -0.469. The van der Waals surface area contributed by atoms with Crippen LogP contribution in [0.2, 0.25) is 0 Å². The lowest BCUT2D eigenvalue weighted by Gasteiger charge is -1.97. The molecule has 0 radical (unpaired) electrons. The molecule has 3 nitrogen and oxygen atoms in total. The predicted molar refractivity (Wildman–Crippen MR) is 49.1 cm³/mol. The van der Waals surface area contributed by atoms with E-state index in [0.717, 1.165) is 4.68 Å². The van der Waals surface area contributed by atoms with Crippen LogP contribution in [0.1, 0.15) is 8.22 Å². The van der Waals surface area contributed by atoms with E-state index < -0.39 is 24.4 Å². The Labute approximate surface area is 86.6 Å². The van der Waals surface area contributed by atoms with E-state index >= 15 is 0 Å². The molecule has 0 fully saturated rings. The normalized spacial score (nSPS) is 17.1. The molecule has 12 heavy (non-hydrogen) atoms. The predicted octanol–water partition coefficient (Wildman–Crippen LogP) is 2.03. The maximum absolute atomic E-state index is 7.67. The molecule has 0 bridgehead atoms. The Bertz CT molecular complexity index is 614. The fourth-order valence-corrected chi connectivity index (χ4v) is 0.917. The molecule has 60 valence electrons. The van der Waals surface area contributed by atoms with E-state index in [1.165, 1.54) is 0 Å². The standard InChI is InChI=1S/C8H6BrN3/c9-8-3-6-12(11-8)7-1-4-10-5-2-7/h1-6H/i1D,2D,3D,4D,5D,6D. The van der Waals surface area contributed by atoms with Crippen LogP contribution in [0, 0.1) is 0 Å². The van der Waals surface area contributed by atoms with Crippen molar-refractivity contribution < 1.29 is 8.22 Å². The van der Waals surface area contributed by atoms with Gasteiger partial charge in [-0.25, -0.2) is 4.68 Å². The van der Waals surface area contributed by atoms with Gasteiger partial charge in [-0.2, -0.15) is 5.10 Å². The van der Waals surface area contributed by atoms with Crippen molar-refractivity contribution in [3.05, 3.63) is 41.2 Å². The van der Waals surface area contributed by atoms with Gasteiger partial charge < -0.3 is 0 Å². The molecule has 2 heterocycles. The zero-order valence-electron chi connectivity index (χ0n) is 11.7. The fraction of sp³-hybridized carbons (Fsp3) is 0. The number of nitrogens with zero attached hydrogens (tertiary/aromatic N) is 3. The van der Waals surface area contributed by atoms with Gasteiger partial charge in [-0.15, -0.1) is 0 Å². The third kappa shape index (κ3) is 1.38. The molecule has 0 aliphatic heterocycles. The highest BCUT2D eigenvalue weighted by Crippen LogP contribution is 2.09. The number of hydrogen-bond donors (Lipinski definition) is 0. The smallest absolute Gasteiger partial charge is 0.128 e. The van der Waals surface area contributed by atoms with Crippen LogP contribution in [0.25, 0.3) is 5.69 Å². The average Bonchev–Trinajstić information content (AvgIpc) is 2.55. The molecular weight excluding hydrogens is 218 g/mol. The molecule has 0 amide bonds. The number of aromatic nitrogens is 3. The highest BCUT2D eigenvalue weighted by atomic mass is 79.9. The summed E-state index contributed by atoms with van der Waals surface area (Å²) in [6.45, 7) is 0. The Kier molecular flexibility index (Phi) is 0.842. The molecule has 2 rings (SSSR count). The van der Waals surface area contributed by atoms with Gasteiger partial charge in [0.15, 0.2) is 0 Å². The lowest BCUT2D eigenvalue weighted by atomic mass is 10.4. The number of rotatable bonds is 1. The van der Waals surface area contributed by atoms with Crippen LogP contribution in [-0.4, -0.2) is 14.8 Å². The van der Waals surface area contributed by atoms with Crippen LogP contribution in [-0.2, 0) is 0 Å². The van der Waals surface area contributed by atoms with Gasteiger partial charge >= 0.3 is 0 Å². The topological polar surface area (TPSA) is 30.7 Å². The maximum Gasteiger partial charge on any atom is 0.128 e. The van der Waals surface area contributed by atoms with E-state index in [9.17, 15) is 0 Å². The van der Waals surface area contributed by atoms with E-state index in [4.69, 9.17) is 8.22 Å². The molecule has 0 aliphatic rings. The summed E-state index contributed by atoms with van der Waals surface area (Å²) < 4.78 is 46.3. The van der Waals surface area contributed by atoms with Gasteiger partial charge in [-0.3, -0.25) is 4.98 Å². The van der Waals surface area contributed by atoms with Gasteiger partial charge in [0.25, 0.3) is 0 Å². The SMILES string of the molecule is [2H]c1nc([2H])c([2H])c(-n2nc(Br)c([2H])c2[2H])c1[2H]. The highest BCUT2D eigenvalue weighted by molar-refractivity contribution is 9.10. The average molecular weight is 230 g/mol. The van der Waals surface area contributed by atoms with Crippen LogP contribution in [0.15, 0.2) is 41.2 Å². The second-order valence-electron chi connectivity index (χ2n) is 1.87. The summed E-state index contributed by atoms with van der Waals surface area (Å²) >= 11 is 2.98. The van der Waals surface area contributed by atoms with E-state index in [1.807, 2.05) is 0 Å². The van der Waals surface area contributed by atoms with Crippen molar-refractivity contribution in [2.75, 3.05) is 0 Å². The van der Waals surface area contributed by atoms with Gasteiger partial charge in [0.2, 0.25) is 0 Å². The summed E-state index contributed by atoms with van der Waals surface area (Å²) in [6.07, 6.45) is -1.26. The third-order valence-corrected chi connectivity index (χ3v) is 1.48. The van der Waals surface area contributed by atoms with Gasteiger partial charge in [0.1, 0.15) is 4.60 Å². The van der Waals surface area contributed by atoms with Gasteiger partial charge in [-0.05, 0) is 34.1 Å². The summed E-state index contributed by atoms with van der Waals surface area (Å²) in [5.41, 5.74) is -0.191. The molecule has 0 unspecified atom stereocenters. The molecule has 0 N–H and O–H groups in total. The zero-order valence-corrected chi connectivity index (χ0v) is 7.31. The first-order valence-electron chi connectivity index (χ1n) is 6.01. The molecule has 0 aliphatic carbocycles. The van der Waals surface area contributed by atoms with E-state index in [2.05, 4.69) is 26.0 Å². The monoisotopic (exact) mass is 229 g/mol. The second kappa shape index (κ2) is 3.06. The van der Waals surface area contributed by atoms with Crippen LogP contribution in [0.3, 0.4) is 0 Å². The summed E-state index contributed by atoms with van der Waals surface area (Å²) in [5, 5.41) is 3.81. The van der Waals surface area contributed by atoms with Gasteiger partial charge in [0.05, 0.1) is 13.9 Å². The molecule has 2 aromatic heterocycles. The number of hydrogen-bond acceptors (Lipinski definition) is 2. The molecule has 0 saturated heterocycles. The van der Waals surface area contributed by atoms with Crippen molar-refractivity contribution >= 4 is 15.9 Å². The molecule has 4 heteroatoms.